The Morgan fingerprint density at radius 1 is 1.00 bits per heavy atom. The number of alkyl halides is 3. The zero-order valence-electron chi connectivity index (χ0n) is 12.0. The van der Waals surface area contributed by atoms with E-state index in [9.17, 15) is 13.5 Å². The molecule has 0 amide bonds. The van der Waals surface area contributed by atoms with Gasteiger partial charge in [0, 0.05) is 0 Å². The van der Waals surface area contributed by atoms with Gasteiger partial charge in [-0.1, -0.05) is 64.6 Å². The summed E-state index contributed by atoms with van der Waals surface area (Å²) >= 11 is 17.8. The summed E-state index contributed by atoms with van der Waals surface area (Å²) in [6.45, 7) is 1.85. The average molecular weight is 395 g/mol. The van der Waals surface area contributed by atoms with Crippen molar-refractivity contribution in [2.75, 3.05) is 0 Å². The van der Waals surface area contributed by atoms with E-state index >= 15 is 0 Å². The lowest BCUT2D eigenvalue weighted by molar-refractivity contribution is 0.474. The minimum Gasteiger partial charge on any atom is -0.508 e. The smallest absolute Gasteiger partial charge is 0.241 e. The second-order valence-corrected chi connectivity index (χ2v) is 9.08. The molecule has 0 radical (unpaired) electrons. The molecule has 2 rings (SSSR count). The van der Waals surface area contributed by atoms with Gasteiger partial charge in [0.15, 0.2) is 0 Å². The standard InChI is InChI=1S/C15H14Cl3NO3S/c1-10-2-8-13(9-3-10)23(21,22)19-14(15(16,17)18)11-4-6-12(20)7-5-11/h2-9,14,19-20H,1H3/t14-/m0/s1. The topological polar surface area (TPSA) is 66.4 Å². The van der Waals surface area contributed by atoms with E-state index in [1.54, 1.807) is 12.1 Å². The van der Waals surface area contributed by atoms with Crippen molar-refractivity contribution in [3.63, 3.8) is 0 Å². The third-order valence-electron chi connectivity index (χ3n) is 3.16. The minimum absolute atomic E-state index is 0.0261. The lowest BCUT2D eigenvalue weighted by atomic mass is 10.1. The third-order valence-corrected chi connectivity index (χ3v) is 5.25. The van der Waals surface area contributed by atoms with Crippen LogP contribution in [0.15, 0.2) is 53.4 Å². The van der Waals surface area contributed by atoms with Gasteiger partial charge in [-0.2, -0.15) is 4.72 Å². The fourth-order valence-corrected chi connectivity index (χ4v) is 3.92. The summed E-state index contributed by atoms with van der Waals surface area (Å²) in [6, 6.07) is 10.9. The number of phenolic OH excluding ortho intramolecular Hbond substituents is 1. The van der Waals surface area contributed by atoms with Crippen LogP contribution in [0.1, 0.15) is 17.2 Å². The maximum absolute atomic E-state index is 12.5. The molecule has 0 saturated heterocycles. The summed E-state index contributed by atoms with van der Waals surface area (Å²) in [5.74, 6) is 0.0261. The van der Waals surface area contributed by atoms with E-state index in [-0.39, 0.29) is 10.6 Å². The number of halogens is 3. The number of hydrogen-bond acceptors (Lipinski definition) is 3. The van der Waals surface area contributed by atoms with Crippen molar-refractivity contribution in [3.8, 4) is 5.75 Å². The molecule has 2 N–H and O–H groups in total. The van der Waals surface area contributed by atoms with Gasteiger partial charge < -0.3 is 5.11 Å². The summed E-state index contributed by atoms with van der Waals surface area (Å²) in [6.07, 6.45) is 0. The zero-order chi connectivity index (χ0) is 17.3. The van der Waals surface area contributed by atoms with Gasteiger partial charge in [0.2, 0.25) is 13.8 Å². The average Bonchev–Trinajstić information content (AvgIpc) is 2.45. The number of phenols is 1. The molecular formula is C15H14Cl3NO3S. The van der Waals surface area contributed by atoms with Crippen LogP contribution in [-0.4, -0.2) is 17.3 Å². The summed E-state index contributed by atoms with van der Waals surface area (Å²) in [7, 11) is -3.88. The van der Waals surface area contributed by atoms with E-state index in [1.165, 1.54) is 36.4 Å². The van der Waals surface area contributed by atoms with Crippen LogP contribution in [0.5, 0.6) is 5.75 Å². The fourth-order valence-electron chi connectivity index (χ4n) is 1.93. The number of nitrogens with one attached hydrogen (secondary N) is 1. The van der Waals surface area contributed by atoms with Gasteiger partial charge in [-0.05, 0) is 36.8 Å². The van der Waals surface area contributed by atoms with Crippen LogP contribution in [0.2, 0.25) is 0 Å². The van der Waals surface area contributed by atoms with Gasteiger partial charge in [-0.3, -0.25) is 0 Å². The predicted octanol–water partition coefficient (Wildman–Crippen LogP) is 4.09. The Hall–Kier alpha value is -0.980. The Bertz CT molecular complexity index is 769. The fraction of sp³-hybridized carbons (Fsp3) is 0.200. The van der Waals surface area contributed by atoms with Gasteiger partial charge >= 0.3 is 0 Å². The Labute approximate surface area is 150 Å². The van der Waals surface area contributed by atoms with Crippen molar-refractivity contribution < 1.29 is 13.5 Å². The Kier molecular flexibility index (Phi) is 5.48. The van der Waals surface area contributed by atoms with E-state index < -0.39 is 19.9 Å². The first kappa shape index (κ1) is 18.4. The lowest BCUT2D eigenvalue weighted by Crippen LogP contribution is -2.36. The van der Waals surface area contributed by atoms with Crippen molar-refractivity contribution >= 4 is 44.8 Å². The molecule has 2 aromatic rings. The van der Waals surface area contributed by atoms with Crippen molar-refractivity contribution in [2.24, 2.45) is 0 Å². The maximum Gasteiger partial charge on any atom is 0.241 e. The molecular weight excluding hydrogens is 381 g/mol. The van der Waals surface area contributed by atoms with Gasteiger partial charge in [0.05, 0.1) is 10.9 Å². The molecule has 1 atom stereocenters. The van der Waals surface area contributed by atoms with Gasteiger partial charge in [-0.15, -0.1) is 0 Å². The van der Waals surface area contributed by atoms with Crippen molar-refractivity contribution in [2.45, 2.75) is 21.7 Å². The number of sulfonamides is 1. The number of aryl methyl sites for hydroxylation is 1. The van der Waals surface area contributed by atoms with Crippen LogP contribution >= 0.6 is 34.8 Å². The molecule has 4 nitrogen and oxygen atoms in total. The number of rotatable bonds is 4. The van der Waals surface area contributed by atoms with E-state index in [4.69, 9.17) is 34.8 Å². The largest absolute Gasteiger partial charge is 0.508 e. The Morgan fingerprint density at radius 2 is 1.52 bits per heavy atom. The first-order valence-corrected chi connectivity index (χ1v) is 9.16. The molecule has 0 unspecified atom stereocenters. The first-order chi connectivity index (χ1) is 10.6. The Morgan fingerprint density at radius 3 is 2.00 bits per heavy atom. The van der Waals surface area contributed by atoms with E-state index in [0.29, 0.717) is 5.56 Å². The normalized spacial score (nSPS) is 13.7. The minimum atomic E-state index is -3.88. The second kappa shape index (κ2) is 6.87. The highest BCUT2D eigenvalue weighted by molar-refractivity contribution is 7.89. The predicted molar refractivity (Wildman–Crippen MR) is 92.6 cm³/mol. The molecule has 0 bridgehead atoms. The number of hydrogen-bond donors (Lipinski definition) is 2. The number of benzene rings is 2. The van der Waals surface area contributed by atoms with E-state index in [2.05, 4.69) is 4.72 Å². The second-order valence-electron chi connectivity index (χ2n) is 5.00. The van der Waals surface area contributed by atoms with E-state index in [0.717, 1.165) is 5.56 Å². The molecule has 0 heterocycles. The van der Waals surface area contributed by atoms with Crippen LogP contribution in [0, 0.1) is 6.92 Å². The van der Waals surface area contributed by atoms with Crippen molar-refractivity contribution in [1.29, 1.82) is 0 Å². The van der Waals surface area contributed by atoms with Crippen LogP contribution in [-0.2, 0) is 10.0 Å². The van der Waals surface area contributed by atoms with Crippen LogP contribution in [0.4, 0.5) is 0 Å². The van der Waals surface area contributed by atoms with Crippen LogP contribution in [0.3, 0.4) is 0 Å². The molecule has 124 valence electrons. The van der Waals surface area contributed by atoms with Crippen molar-refractivity contribution in [3.05, 3.63) is 59.7 Å². The lowest BCUT2D eigenvalue weighted by Gasteiger charge is -2.26. The van der Waals surface area contributed by atoms with Crippen molar-refractivity contribution in [1.82, 2.24) is 4.72 Å². The number of aromatic hydroxyl groups is 1. The summed E-state index contributed by atoms with van der Waals surface area (Å²) in [4.78, 5) is 0.0705. The molecule has 2 aromatic carbocycles. The van der Waals surface area contributed by atoms with Crippen LogP contribution in [0.25, 0.3) is 0 Å². The van der Waals surface area contributed by atoms with Gasteiger partial charge in [0.1, 0.15) is 5.75 Å². The summed E-state index contributed by atoms with van der Waals surface area (Å²) < 4.78 is 25.5. The highest BCUT2D eigenvalue weighted by Crippen LogP contribution is 2.41. The SMILES string of the molecule is Cc1ccc(S(=O)(=O)N[C@@H](c2ccc(O)cc2)C(Cl)(Cl)Cl)cc1. The molecule has 0 aromatic heterocycles. The summed E-state index contributed by atoms with van der Waals surface area (Å²) in [5.41, 5.74) is 1.35. The first-order valence-electron chi connectivity index (χ1n) is 6.54. The molecule has 8 heteroatoms. The Balaban J connectivity index is 2.38. The highest BCUT2D eigenvalue weighted by Gasteiger charge is 2.37. The summed E-state index contributed by atoms with van der Waals surface area (Å²) in [5, 5.41) is 9.34. The molecule has 0 aliphatic heterocycles. The molecule has 0 spiro atoms. The highest BCUT2D eigenvalue weighted by atomic mass is 35.6. The monoisotopic (exact) mass is 393 g/mol. The van der Waals surface area contributed by atoms with E-state index in [1.807, 2.05) is 6.92 Å². The molecule has 0 saturated carbocycles. The van der Waals surface area contributed by atoms with Gasteiger partial charge in [0.25, 0.3) is 0 Å². The molecule has 0 aliphatic rings. The molecule has 0 aliphatic carbocycles. The molecule has 23 heavy (non-hydrogen) atoms. The maximum atomic E-state index is 12.5. The van der Waals surface area contributed by atoms with Gasteiger partial charge in [-0.25, -0.2) is 8.42 Å². The third kappa shape index (κ3) is 4.75. The molecule has 0 fully saturated rings. The van der Waals surface area contributed by atoms with Crippen LogP contribution < -0.4 is 4.72 Å². The quantitative estimate of drug-likeness (QED) is 0.768. The zero-order valence-corrected chi connectivity index (χ0v) is 15.1.